The zero-order valence-electron chi connectivity index (χ0n) is 14.7. The smallest absolute Gasteiger partial charge is 0.224 e. The zero-order valence-corrected chi connectivity index (χ0v) is 15.5. The summed E-state index contributed by atoms with van der Waals surface area (Å²) in [6.07, 6.45) is 3.09. The molecule has 1 aliphatic carbocycles. The van der Waals surface area contributed by atoms with Gasteiger partial charge in [0.1, 0.15) is 6.54 Å². The molecule has 0 radical (unpaired) electrons. The van der Waals surface area contributed by atoms with Crippen LogP contribution in [0.1, 0.15) is 32.6 Å². The van der Waals surface area contributed by atoms with E-state index in [0.717, 1.165) is 12.8 Å². The van der Waals surface area contributed by atoms with Gasteiger partial charge in [0, 0.05) is 18.5 Å². The quantitative estimate of drug-likeness (QED) is 0.734. The summed E-state index contributed by atoms with van der Waals surface area (Å²) >= 11 is 0. The number of sulfone groups is 1. The Morgan fingerprint density at radius 2 is 1.85 bits per heavy atom. The first kappa shape index (κ1) is 19.9. The van der Waals surface area contributed by atoms with Gasteiger partial charge in [-0.05, 0) is 43.0 Å². The summed E-state index contributed by atoms with van der Waals surface area (Å²) in [5, 5.41) is 13.7. The molecule has 1 aliphatic rings. The second-order valence-corrected chi connectivity index (χ2v) is 8.55. The average molecular weight is 377 g/mol. The number of hydrogen-bond acceptors (Lipinski definition) is 5. The van der Waals surface area contributed by atoms with Crippen LogP contribution in [0.3, 0.4) is 0 Å². The molecule has 0 heterocycles. The normalized spacial score (nSPS) is 20.0. The minimum atomic E-state index is -3.55. The fraction of sp³-hybridized carbons (Fsp3) is 0.500. The van der Waals surface area contributed by atoms with Crippen LogP contribution in [-0.2, 0) is 19.4 Å². The van der Waals surface area contributed by atoms with E-state index >= 15 is 0 Å². The van der Waals surface area contributed by atoms with Crippen LogP contribution in [0.4, 0.5) is 5.69 Å². The van der Waals surface area contributed by atoms with Crippen molar-refractivity contribution >= 4 is 27.3 Å². The number of anilines is 1. The van der Waals surface area contributed by atoms with Gasteiger partial charge < -0.3 is 10.6 Å². The lowest BCUT2D eigenvalue weighted by Gasteiger charge is -2.30. The lowest BCUT2D eigenvalue weighted by molar-refractivity contribution is -0.127. The van der Waals surface area contributed by atoms with Gasteiger partial charge in [-0.15, -0.1) is 0 Å². The lowest BCUT2D eigenvalue weighted by Crippen LogP contribution is -2.39. The van der Waals surface area contributed by atoms with Crippen molar-refractivity contribution in [3.05, 3.63) is 24.3 Å². The SMILES string of the molecule is CC(=O)Nc1ccc(S(=O)(=O)CC2CCCCC2C(=O)NCC#N)cc1. The molecular weight excluding hydrogens is 354 g/mol. The van der Waals surface area contributed by atoms with Gasteiger partial charge in [0.2, 0.25) is 11.8 Å². The molecule has 1 aromatic rings. The lowest BCUT2D eigenvalue weighted by atomic mass is 9.80. The second kappa shape index (κ2) is 8.81. The number of carbonyl (C=O) groups excluding carboxylic acids is 2. The topological polar surface area (TPSA) is 116 Å². The summed E-state index contributed by atoms with van der Waals surface area (Å²) in [4.78, 5) is 23.5. The maximum atomic E-state index is 12.7. The summed E-state index contributed by atoms with van der Waals surface area (Å²) < 4.78 is 25.5. The van der Waals surface area contributed by atoms with E-state index < -0.39 is 9.84 Å². The Morgan fingerprint density at radius 1 is 1.19 bits per heavy atom. The summed E-state index contributed by atoms with van der Waals surface area (Å²) in [5.74, 6) is -1.22. The molecule has 2 unspecified atom stereocenters. The predicted octanol–water partition coefficient (Wildman–Crippen LogP) is 1.86. The third kappa shape index (κ3) is 5.30. The molecule has 8 heteroatoms. The largest absolute Gasteiger partial charge is 0.343 e. The molecule has 0 aromatic heterocycles. The maximum Gasteiger partial charge on any atom is 0.224 e. The molecule has 0 spiro atoms. The predicted molar refractivity (Wildman–Crippen MR) is 96.9 cm³/mol. The molecule has 7 nitrogen and oxygen atoms in total. The number of nitrogens with zero attached hydrogens (tertiary/aromatic N) is 1. The maximum absolute atomic E-state index is 12.7. The van der Waals surface area contributed by atoms with Crippen molar-refractivity contribution in [2.45, 2.75) is 37.5 Å². The Kier molecular flexibility index (Phi) is 6.75. The summed E-state index contributed by atoms with van der Waals surface area (Å²) in [6.45, 7) is 1.31. The van der Waals surface area contributed by atoms with E-state index in [2.05, 4.69) is 10.6 Å². The molecule has 1 aromatic carbocycles. The first-order valence-corrected chi connectivity index (χ1v) is 10.2. The molecule has 140 valence electrons. The van der Waals surface area contributed by atoms with Gasteiger partial charge in [0.05, 0.1) is 16.7 Å². The van der Waals surface area contributed by atoms with Gasteiger partial charge in [0.15, 0.2) is 9.84 Å². The Labute approximate surface area is 153 Å². The molecule has 1 fully saturated rings. The van der Waals surface area contributed by atoms with Crippen LogP contribution in [0.25, 0.3) is 0 Å². The third-order valence-electron chi connectivity index (χ3n) is 4.55. The number of nitrogens with one attached hydrogen (secondary N) is 2. The molecule has 0 aliphatic heterocycles. The van der Waals surface area contributed by atoms with Crippen LogP contribution in [-0.4, -0.2) is 32.5 Å². The van der Waals surface area contributed by atoms with E-state index in [-0.39, 0.29) is 40.8 Å². The van der Waals surface area contributed by atoms with E-state index in [1.165, 1.54) is 19.1 Å². The molecule has 1 saturated carbocycles. The van der Waals surface area contributed by atoms with Gasteiger partial charge in [-0.2, -0.15) is 5.26 Å². The Balaban J connectivity index is 2.11. The van der Waals surface area contributed by atoms with Crippen molar-refractivity contribution in [1.29, 1.82) is 5.26 Å². The number of nitriles is 1. The van der Waals surface area contributed by atoms with E-state index in [0.29, 0.717) is 18.5 Å². The highest BCUT2D eigenvalue weighted by Crippen LogP contribution is 2.32. The van der Waals surface area contributed by atoms with Crippen molar-refractivity contribution in [1.82, 2.24) is 5.32 Å². The first-order chi connectivity index (χ1) is 12.3. The van der Waals surface area contributed by atoms with Crippen LogP contribution in [0, 0.1) is 23.2 Å². The summed E-state index contributed by atoms with van der Waals surface area (Å²) in [6, 6.07) is 7.89. The fourth-order valence-corrected chi connectivity index (χ4v) is 5.04. The minimum Gasteiger partial charge on any atom is -0.343 e. The summed E-state index contributed by atoms with van der Waals surface area (Å²) in [7, 11) is -3.55. The number of carbonyl (C=O) groups is 2. The van der Waals surface area contributed by atoms with Crippen molar-refractivity contribution in [3.8, 4) is 6.07 Å². The van der Waals surface area contributed by atoms with E-state index in [9.17, 15) is 18.0 Å². The van der Waals surface area contributed by atoms with Crippen molar-refractivity contribution in [3.63, 3.8) is 0 Å². The fourth-order valence-electron chi connectivity index (χ4n) is 3.34. The molecule has 2 amide bonds. The Hall–Kier alpha value is -2.40. The van der Waals surface area contributed by atoms with E-state index in [4.69, 9.17) is 5.26 Å². The molecule has 26 heavy (non-hydrogen) atoms. The number of amides is 2. The van der Waals surface area contributed by atoms with Gasteiger partial charge in [0.25, 0.3) is 0 Å². The van der Waals surface area contributed by atoms with Crippen LogP contribution in [0.15, 0.2) is 29.2 Å². The molecule has 2 atom stereocenters. The van der Waals surface area contributed by atoms with E-state index in [1.54, 1.807) is 12.1 Å². The number of hydrogen-bond donors (Lipinski definition) is 2. The average Bonchev–Trinajstić information content (AvgIpc) is 2.59. The van der Waals surface area contributed by atoms with Gasteiger partial charge in [-0.1, -0.05) is 12.8 Å². The van der Waals surface area contributed by atoms with Gasteiger partial charge >= 0.3 is 0 Å². The van der Waals surface area contributed by atoms with Crippen LogP contribution in [0.2, 0.25) is 0 Å². The van der Waals surface area contributed by atoms with Crippen molar-refractivity contribution in [2.24, 2.45) is 11.8 Å². The monoisotopic (exact) mass is 377 g/mol. The number of rotatable bonds is 6. The van der Waals surface area contributed by atoms with Crippen LogP contribution in [0.5, 0.6) is 0 Å². The van der Waals surface area contributed by atoms with Crippen molar-refractivity contribution in [2.75, 3.05) is 17.6 Å². The molecular formula is C18H23N3O4S. The first-order valence-electron chi connectivity index (χ1n) is 8.58. The van der Waals surface area contributed by atoms with Crippen LogP contribution < -0.4 is 10.6 Å². The highest BCUT2D eigenvalue weighted by atomic mass is 32.2. The highest BCUT2D eigenvalue weighted by molar-refractivity contribution is 7.91. The second-order valence-electron chi connectivity index (χ2n) is 6.51. The van der Waals surface area contributed by atoms with E-state index in [1.807, 2.05) is 6.07 Å². The molecule has 2 rings (SSSR count). The van der Waals surface area contributed by atoms with Crippen LogP contribution >= 0.6 is 0 Å². The minimum absolute atomic E-state index is 0.0700. The van der Waals surface area contributed by atoms with Gasteiger partial charge in [-0.25, -0.2) is 8.42 Å². The molecule has 0 bridgehead atoms. The number of benzene rings is 1. The van der Waals surface area contributed by atoms with Crippen molar-refractivity contribution < 1.29 is 18.0 Å². The summed E-state index contributed by atoms with van der Waals surface area (Å²) in [5.41, 5.74) is 0.530. The third-order valence-corrected chi connectivity index (χ3v) is 6.41. The highest BCUT2D eigenvalue weighted by Gasteiger charge is 2.34. The zero-order chi connectivity index (χ0) is 19.2. The Bertz CT molecular complexity index is 797. The van der Waals surface area contributed by atoms with Gasteiger partial charge in [-0.3, -0.25) is 9.59 Å². The standard InChI is InChI=1S/C18H23N3O4S/c1-13(22)21-15-6-8-16(9-7-15)26(24,25)12-14-4-2-3-5-17(14)18(23)20-11-10-19/h6-9,14,17H,2-5,11-12H2,1H3,(H,20,23)(H,21,22). The Morgan fingerprint density at radius 3 is 2.46 bits per heavy atom. The molecule has 2 N–H and O–H groups in total. The molecule has 0 saturated heterocycles.